The van der Waals surface area contributed by atoms with Crippen molar-refractivity contribution in [1.82, 2.24) is 10.0 Å². The Hall–Kier alpha value is -2.13. The number of rotatable bonds is 5. The zero-order valence-electron chi connectivity index (χ0n) is 15.0. The fraction of sp³-hybridized carbons (Fsp3) is 0.471. The zero-order chi connectivity index (χ0) is 19.4. The van der Waals surface area contributed by atoms with Crippen molar-refractivity contribution < 1.29 is 27.1 Å². The molecule has 0 bridgehead atoms. The molecule has 144 valence electrons. The van der Waals surface area contributed by atoms with Crippen LogP contribution in [0.3, 0.4) is 0 Å². The first kappa shape index (κ1) is 20.2. The lowest BCUT2D eigenvalue weighted by atomic mass is 10.1. The first-order chi connectivity index (χ1) is 12.1. The van der Waals surface area contributed by atoms with Crippen molar-refractivity contribution in [2.24, 2.45) is 0 Å². The number of carbonyl (C=O) groups is 1. The van der Waals surface area contributed by atoms with Crippen LogP contribution in [0.5, 0.6) is 5.75 Å². The van der Waals surface area contributed by atoms with Gasteiger partial charge < -0.3 is 14.8 Å². The molecule has 0 aliphatic carbocycles. The maximum atomic E-state index is 13.0. The first-order valence-corrected chi connectivity index (χ1v) is 9.59. The van der Waals surface area contributed by atoms with E-state index in [1.807, 2.05) is 0 Å². The predicted octanol–water partition coefficient (Wildman–Crippen LogP) is 2.28. The van der Waals surface area contributed by atoms with Crippen molar-refractivity contribution in [3.63, 3.8) is 0 Å². The van der Waals surface area contributed by atoms with Crippen molar-refractivity contribution >= 4 is 16.1 Å². The van der Waals surface area contributed by atoms with Crippen molar-refractivity contribution in [3.8, 4) is 5.75 Å². The normalized spacial score (nSPS) is 16.5. The molecule has 1 amide bonds. The Labute approximate surface area is 152 Å². The van der Waals surface area contributed by atoms with Crippen LogP contribution in [0.4, 0.5) is 9.18 Å². The Bertz CT molecular complexity index is 800. The topological polar surface area (TPSA) is 93.7 Å². The molecule has 0 radical (unpaired) electrons. The monoisotopic (exact) mass is 386 g/mol. The van der Waals surface area contributed by atoms with Gasteiger partial charge in [-0.25, -0.2) is 22.3 Å². The molecule has 0 saturated heterocycles. The van der Waals surface area contributed by atoms with Gasteiger partial charge in [-0.3, -0.25) is 0 Å². The van der Waals surface area contributed by atoms with Gasteiger partial charge in [0.15, 0.2) is 0 Å². The molecule has 0 unspecified atom stereocenters. The number of fused-ring (bicyclic) bond motifs is 1. The van der Waals surface area contributed by atoms with E-state index in [9.17, 15) is 17.6 Å². The smallest absolute Gasteiger partial charge is 0.407 e. The van der Waals surface area contributed by atoms with Crippen LogP contribution in [0.2, 0.25) is 0 Å². The molecule has 0 aromatic heterocycles. The van der Waals surface area contributed by atoms with Crippen LogP contribution in [0.25, 0.3) is 0 Å². The Morgan fingerprint density at radius 1 is 1.38 bits per heavy atom. The average molecular weight is 386 g/mol. The Kier molecular flexibility index (Phi) is 6.25. The van der Waals surface area contributed by atoms with E-state index in [4.69, 9.17) is 9.47 Å². The molecule has 7 nitrogen and oxygen atoms in total. The van der Waals surface area contributed by atoms with E-state index in [2.05, 4.69) is 10.0 Å². The average Bonchev–Trinajstić information content (AvgIpc) is 2.53. The largest absolute Gasteiger partial charge is 0.489 e. The molecule has 2 N–H and O–H groups in total. The summed E-state index contributed by atoms with van der Waals surface area (Å²) in [5.41, 5.74) is 0.222. The van der Waals surface area contributed by atoms with Crippen LogP contribution < -0.4 is 14.8 Å². The molecule has 26 heavy (non-hydrogen) atoms. The molecule has 1 aliphatic heterocycles. The number of benzene rings is 1. The highest BCUT2D eigenvalue weighted by Crippen LogP contribution is 2.25. The third kappa shape index (κ3) is 5.70. The van der Waals surface area contributed by atoms with Crippen LogP contribution >= 0.6 is 0 Å². The maximum absolute atomic E-state index is 13.0. The fourth-order valence-electron chi connectivity index (χ4n) is 2.30. The second kappa shape index (κ2) is 8.05. The maximum Gasteiger partial charge on any atom is 0.407 e. The third-order valence-corrected chi connectivity index (χ3v) is 5.01. The van der Waals surface area contributed by atoms with Gasteiger partial charge in [0.2, 0.25) is 10.0 Å². The summed E-state index contributed by atoms with van der Waals surface area (Å²) in [7, 11) is -3.47. The minimum Gasteiger partial charge on any atom is -0.489 e. The van der Waals surface area contributed by atoms with Gasteiger partial charge in [-0.15, -0.1) is 0 Å². The number of hydrogen-bond donors (Lipinski definition) is 2. The lowest BCUT2D eigenvalue weighted by Crippen LogP contribution is -2.34. The number of amides is 1. The number of nitrogens with one attached hydrogen (secondary N) is 2. The molecule has 1 aliphatic rings. The van der Waals surface area contributed by atoms with E-state index in [1.54, 1.807) is 26.8 Å². The van der Waals surface area contributed by atoms with Crippen LogP contribution in [-0.2, 0) is 21.2 Å². The van der Waals surface area contributed by atoms with E-state index in [1.165, 1.54) is 12.1 Å². The van der Waals surface area contributed by atoms with Crippen molar-refractivity contribution in [3.05, 3.63) is 35.7 Å². The summed E-state index contributed by atoms with van der Waals surface area (Å²) >= 11 is 0. The highest BCUT2D eigenvalue weighted by atomic mass is 32.2. The van der Waals surface area contributed by atoms with E-state index < -0.39 is 21.7 Å². The van der Waals surface area contributed by atoms with Gasteiger partial charge in [0, 0.05) is 18.7 Å². The summed E-state index contributed by atoms with van der Waals surface area (Å²) in [6.07, 6.45) is 0.269. The predicted molar refractivity (Wildman–Crippen MR) is 94.3 cm³/mol. The Balaban J connectivity index is 1.92. The van der Waals surface area contributed by atoms with Gasteiger partial charge in [-0.1, -0.05) is 0 Å². The first-order valence-electron chi connectivity index (χ1n) is 8.11. The number of halogens is 1. The quantitative estimate of drug-likeness (QED) is 0.810. The van der Waals surface area contributed by atoms with Gasteiger partial charge in [-0.05, 0) is 51.0 Å². The van der Waals surface area contributed by atoms with E-state index >= 15 is 0 Å². The molecule has 2 rings (SSSR count). The summed E-state index contributed by atoms with van der Waals surface area (Å²) in [6.45, 7) is 5.37. The summed E-state index contributed by atoms with van der Waals surface area (Å²) < 4.78 is 49.8. The number of hydrogen-bond acceptors (Lipinski definition) is 5. The van der Waals surface area contributed by atoms with E-state index in [0.29, 0.717) is 30.6 Å². The highest BCUT2D eigenvalue weighted by molar-refractivity contribution is 7.89. The van der Waals surface area contributed by atoms with Gasteiger partial charge in [0.1, 0.15) is 18.0 Å². The number of ether oxygens (including phenoxy) is 2. The van der Waals surface area contributed by atoms with Crippen LogP contribution in [-0.4, -0.2) is 39.8 Å². The highest BCUT2D eigenvalue weighted by Gasteiger charge is 2.23. The van der Waals surface area contributed by atoms with Crippen LogP contribution in [0.1, 0.15) is 26.3 Å². The van der Waals surface area contributed by atoms with E-state index in [-0.39, 0.29) is 23.6 Å². The summed E-state index contributed by atoms with van der Waals surface area (Å²) in [4.78, 5) is 11.8. The molecule has 9 heteroatoms. The molecule has 1 aromatic carbocycles. The second-order valence-electron chi connectivity index (χ2n) is 6.83. The molecule has 0 atom stereocenters. The molecular formula is C17H23FN2O5S. The molecular weight excluding hydrogens is 363 g/mol. The minimum atomic E-state index is -3.47. The zero-order valence-corrected chi connectivity index (χ0v) is 15.8. The Morgan fingerprint density at radius 2 is 2.12 bits per heavy atom. The Morgan fingerprint density at radius 3 is 2.77 bits per heavy atom. The van der Waals surface area contributed by atoms with Crippen molar-refractivity contribution in [2.45, 2.75) is 37.7 Å². The van der Waals surface area contributed by atoms with Gasteiger partial charge >= 0.3 is 6.09 Å². The summed E-state index contributed by atoms with van der Waals surface area (Å²) in [6, 6.07) is 4.61. The van der Waals surface area contributed by atoms with Crippen molar-refractivity contribution in [2.75, 3.05) is 19.7 Å². The van der Waals surface area contributed by atoms with Gasteiger partial charge in [0.05, 0.1) is 11.2 Å². The third-order valence-electron chi connectivity index (χ3n) is 3.45. The van der Waals surface area contributed by atoms with Gasteiger partial charge in [-0.2, -0.15) is 0 Å². The number of carbonyl (C=O) groups excluding carboxylic acids is 1. The minimum absolute atomic E-state index is 0.0609. The van der Waals surface area contributed by atoms with Crippen LogP contribution in [0, 0.1) is 0 Å². The molecule has 1 aromatic rings. The fourth-order valence-corrected chi connectivity index (χ4v) is 3.58. The second-order valence-corrected chi connectivity index (χ2v) is 8.56. The lowest BCUT2D eigenvalue weighted by molar-refractivity contribution is 0.0531. The van der Waals surface area contributed by atoms with Crippen molar-refractivity contribution in [1.29, 1.82) is 0 Å². The molecule has 0 spiro atoms. The standard InChI is InChI=1S/C17H23FN2O5S/c1-17(2,3)25-16(21)19-10-12(9-18)11-24-14-4-5-15-13(8-14)6-7-20-26(15,22)23/h4-5,8-9,20H,6-7,10-11H2,1-3H3,(H,19,21)/b12-9+. The summed E-state index contributed by atoms with van der Waals surface area (Å²) in [5.74, 6) is 0.428. The number of sulfonamides is 1. The lowest BCUT2D eigenvalue weighted by Gasteiger charge is -2.20. The summed E-state index contributed by atoms with van der Waals surface area (Å²) in [5, 5.41) is 2.45. The molecule has 0 saturated carbocycles. The van der Waals surface area contributed by atoms with Crippen LogP contribution in [0.15, 0.2) is 35.0 Å². The molecule has 0 fully saturated rings. The number of alkyl carbamates (subject to hydrolysis) is 1. The SMILES string of the molecule is CC(C)(C)OC(=O)NC/C(=C\F)COc1ccc2c(c1)CCNS2(=O)=O. The van der Waals surface area contributed by atoms with E-state index in [0.717, 1.165) is 0 Å². The van der Waals surface area contributed by atoms with Gasteiger partial charge in [0.25, 0.3) is 0 Å². The molecule has 1 heterocycles.